The van der Waals surface area contributed by atoms with Gasteiger partial charge in [0.05, 0.1) is 17.2 Å². The predicted octanol–water partition coefficient (Wildman–Crippen LogP) is 4.25. The molecule has 0 radical (unpaired) electrons. The standard InChI is InChI=1S/C16H23NOS/c1-10-5-6-15(7-11(10)2)17-16(19)14-8-12(3)18-13(4)9-14/h5-7,12-14H,8-9H2,1-4H3,(H,17,19)/t12-,13+,14?. The monoisotopic (exact) mass is 277 g/mol. The Kier molecular flexibility index (Phi) is 4.58. The fourth-order valence-electron chi connectivity index (χ4n) is 2.68. The van der Waals surface area contributed by atoms with Crippen molar-refractivity contribution in [2.75, 3.05) is 5.32 Å². The summed E-state index contributed by atoms with van der Waals surface area (Å²) in [5.74, 6) is 0.426. The molecule has 1 aliphatic heterocycles. The first-order valence-electron chi connectivity index (χ1n) is 6.99. The van der Waals surface area contributed by atoms with Crippen LogP contribution >= 0.6 is 12.2 Å². The Morgan fingerprint density at radius 3 is 2.37 bits per heavy atom. The first kappa shape index (κ1) is 14.5. The first-order valence-corrected chi connectivity index (χ1v) is 7.40. The zero-order chi connectivity index (χ0) is 14.0. The number of hydrogen-bond acceptors (Lipinski definition) is 2. The predicted molar refractivity (Wildman–Crippen MR) is 84.9 cm³/mol. The summed E-state index contributed by atoms with van der Waals surface area (Å²) in [6.07, 6.45) is 2.63. The highest BCUT2D eigenvalue weighted by molar-refractivity contribution is 7.80. The van der Waals surface area contributed by atoms with Gasteiger partial charge >= 0.3 is 0 Å². The van der Waals surface area contributed by atoms with E-state index in [1.807, 2.05) is 0 Å². The Hall–Kier alpha value is -0.930. The fourth-order valence-corrected chi connectivity index (χ4v) is 2.99. The van der Waals surface area contributed by atoms with Gasteiger partial charge in [0.2, 0.25) is 0 Å². The molecule has 2 nitrogen and oxygen atoms in total. The lowest BCUT2D eigenvalue weighted by molar-refractivity contribution is -0.0399. The van der Waals surface area contributed by atoms with Gasteiger partial charge in [-0.25, -0.2) is 0 Å². The Balaban J connectivity index is 2.02. The smallest absolute Gasteiger partial charge is 0.0830 e. The minimum absolute atomic E-state index is 0.299. The summed E-state index contributed by atoms with van der Waals surface area (Å²) in [6.45, 7) is 8.50. The molecule has 1 saturated heterocycles. The molecule has 0 spiro atoms. The van der Waals surface area contributed by atoms with E-state index in [-0.39, 0.29) is 0 Å². The van der Waals surface area contributed by atoms with E-state index < -0.39 is 0 Å². The Morgan fingerprint density at radius 1 is 1.16 bits per heavy atom. The summed E-state index contributed by atoms with van der Waals surface area (Å²) < 4.78 is 5.76. The topological polar surface area (TPSA) is 21.3 Å². The van der Waals surface area contributed by atoms with E-state index in [1.54, 1.807) is 0 Å². The highest BCUT2D eigenvalue weighted by Crippen LogP contribution is 2.27. The molecule has 2 rings (SSSR count). The van der Waals surface area contributed by atoms with Gasteiger partial charge in [-0.3, -0.25) is 0 Å². The third-order valence-corrected chi connectivity index (χ3v) is 4.28. The molecule has 104 valence electrons. The zero-order valence-electron chi connectivity index (χ0n) is 12.2. The van der Waals surface area contributed by atoms with E-state index in [1.165, 1.54) is 11.1 Å². The fraction of sp³-hybridized carbons (Fsp3) is 0.562. The maximum atomic E-state index is 5.76. The molecule has 3 atom stereocenters. The van der Waals surface area contributed by atoms with Crippen molar-refractivity contribution in [3.8, 4) is 0 Å². The van der Waals surface area contributed by atoms with Crippen LogP contribution in [-0.4, -0.2) is 17.2 Å². The average molecular weight is 277 g/mol. The largest absolute Gasteiger partial charge is 0.376 e. The number of nitrogens with one attached hydrogen (secondary N) is 1. The van der Waals surface area contributed by atoms with Crippen LogP contribution in [0.1, 0.15) is 37.8 Å². The van der Waals surface area contributed by atoms with Crippen molar-refractivity contribution in [1.82, 2.24) is 0 Å². The molecule has 1 aromatic rings. The molecule has 0 saturated carbocycles. The van der Waals surface area contributed by atoms with E-state index in [2.05, 4.69) is 51.2 Å². The van der Waals surface area contributed by atoms with Crippen LogP contribution in [0, 0.1) is 19.8 Å². The van der Waals surface area contributed by atoms with Gasteiger partial charge in [-0.2, -0.15) is 0 Å². The minimum Gasteiger partial charge on any atom is -0.376 e. The highest BCUT2D eigenvalue weighted by Gasteiger charge is 2.27. The van der Waals surface area contributed by atoms with Crippen LogP contribution in [0.15, 0.2) is 18.2 Å². The number of thiocarbonyl (C=S) groups is 1. The SMILES string of the molecule is Cc1ccc(NC(=S)C2C[C@@H](C)O[C@@H](C)C2)cc1C. The second-order valence-electron chi connectivity index (χ2n) is 5.71. The number of anilines is 1. The van der Waals surface area contributed by atoms with Crippen molar-refractivity contribution in [2.24, 2.45) is 5.92 Å². The summed E-state index contributed by atoms with van der Waals surface area (Å²) >= 11 is 5.57. The van der Waals surface area contributed by atoms with Crippen LogP contribution in [-0.2, 0) is 4.74 Å². The lowest BCUT2D eigenvalue weighted by atomic mass is 9.92. The number of benzene rings is 1. The molecule has 3 heteroatoms. The van der Waals surface area contributed by atoms with Crippen molar-refractivity contribution in [1.29, 1.82) is 0 Å². The Morgan fingerprint density at radius 2 is 1.79 bits per heavy atom. The normalized spacial score (nSPS) is 27.1. The molecule has 0 bridgehead atoms. The second-order valence-corrected chi connectivity index (χ2v) is 6.15. The third-order valence-electron chi connectivity index (χ3n) is 3.84. The van der Waals surface area contributed by atoms with E-state index in [0.717, 1.165) is 23.5 Å². The van der Waals surface area contributed by atoms with Crippen molar-refractivity contribution < 1.29 is 4.74 Å². The molecule has 0 amide bonds. The highest BCUT2D eigenvalue weighted by atomic mass is 32.1. The summed E-state index contributed by atoms with van der Waals surface area (Å²) in [4.78, 5) is 0.949. The molecule has 1 N–H and O–H groups in total. The summed E-state index contributed by atoms with van der Waals surface area (Å²) in [5, 5.41) is 3.40. The zero-order valence-corrected chi connectivity index (χ0v) is 13.0. The molecular weight excluding hydrogens is 254 g/mol. The van der Waals surface area contributed by atoms with Gasteiger partial charge in [-0.15, -0.1) is 0 Å². The van der Waals surface area contributed by atoms with Crippen molar-refractivity contribution in [2.45, 2.75) is 52.7 Å². The van der Waals surface area contributed by atoms with Gasteiger partial charge in [-0.1, -0.05) is 18.3 Å². The van der Waals surface area contributed by atoms with Gasteiger partial charge < -0.3 is 10.1 Å². The summed E-state index contributed by atoms with van der Waals surface area (Å²) in [6, 6.07) is 6.39. The second kappa shape index (κ2) is 6.02. The maximum absolute atomic E-state index is 5.76. The summed E-state index contributed by atoms with van der Waals surface area (Å²) in [5.41, 5.74) is 3.70. The molecule has 1 fully saturated rings. The van der Waals surface area contributed by atoms with Crippen LogP contribution in [0.3, 0.4) is 0 Å². The van der Waals surface area contributed by atoms with Gasteiger partial charge in [0.25, 0.3) is 0 Å². The molecule has 1 aromatic carbocycles. The Bertz CT molecular complexity index is 462. The first-order chi connectivity index (χ1) is 8.95. The Labute approximate surface area is 121 Å². The molecule has 1 aliphatic rings. The van der Waals surface area contributed by atoms with E-state index in [9.17, 15) is 0 Å². The van der Waals surface area contributed by atoms with Crippen molar-refractivity contribution in [3.63, 3.8) is 0 Å². The summed E-state index contributed by atoms with van der Waals surface area (Å²) in [7, 11) is 0. The number of rotatable bonds is 2. The van der Waals surface area contributed by atoms with Crippen LogP contribution in [0.4, 0.5) is 5.69 Å². The number of aryl methyl sites for hydroxylation is 2. The van der Waals surface area contributed by atoms with Gasteiger partial charge in [0.1, 0.15) is 0 Å². The quantitative estimate of drug-likeness (QED) is 0.817. The van der Waals surface area contributed by atoms with Gasteiger partial charge in [-0.05, 0) is 63.8 Å². The maximum Gasteiger partial charge on any atom is 0.0830 e. The third kappa shape index (κ3) is 3.77. The van der Waals surface area contributed by atoms with Crippen LogP contribution in [0.2, 0.25) is 0 Å². The van der Waals surface area contributed by atoms with Crippen LogP contribution < -0.4 is 5.32 Å². The minimum atomic E-state index is 0.299. The van der Waals surface area contributed by atoms with E-state index in [4.69, 9.17) is 17.0 Å². The lowest BCUT2D eigenvalue weighted by Gasteiger charge is -2.32. The lowest BCUT2D eigenvalue weighted by Crippen LogP contribution is -2.35. The van der Waals surface area contributed by atoms with Crippen LogP contribution in [0.25, 0.3) is 0 Å². The van der Waals surface area contributed by atoms with Gasteiger partial charge in [0, 0.05) is 11.6 Å². The molecule has 19 heavy (non-hydrogen) atoms. The molecule has 0 aromatic heterocycles. The number of ether oxygens (including phenoxy) is 1. The average Bonchev–Trinajstić information content (AvgIpc) is 2.32. The molecular formula is C16H23NOS. The van der Waals surface area contributed by atoms with Crippen LogP contribution in [0.5, 0.6) is 0 Å². The molecule has 1 heterocycles. The number of hydrogen-bond donors (Lipinski definition) is 1. The van der Waals surface area contributed by atoms with E-state index >= 15 is 0 Å². The molecule has 1 unspecified atom stereocenters. The van der Waals surface area contributed by atoms with Crippen molar-refractivity contribution in [3.05, 3.63) is 29.3 Å². The van der Waals surface area contributed by atoms with Crippen molar-refractivity contribution >= 4 is 22.9 Å². The molecule has 0 aliphatic carbocycles. The van der Waals surface area contributed by atoms with E-state index in [0.29, 0.717) is 18.1 Å². The van der Waals surface area contributed by atoms with Gasteiger partial charge in [0.15, 0.2) is 0 Å².